The zero-order valence-electron chi connectivity index (χ0n) is 11.0. The Labute approximate surface area is 118 Å². The summed E-state index contributed by atoms with van der Waals surface area (Å²) >= 11 is 0. The van der Waals surface area contributed by atoms with Crippen LogP contribution in [0.25, 0.3) is 0 Å². The molecule has 1 aliphatic rings. The topological polar surface area (TPSA) is 135 Å². The highest BCUT2D eigenvalue weighted by molar-refractivity contribution is 5.99. The van der Waals surface area contributed by atoms with Gasteiger partial charge in [0.25, 0.3) is 5.91 Å². The molecule has 1 aromatic rings. The fourth-order valence-corrected chi connectivity index (χ4v) is 2.12. The zero-order valence-corrected chi connectivity index (χ0v) is 11.0. The number of carboxylic acid groups (broad SMARTS) is 1. The lowest BCUT2D eigenvalue weighted by atomic mass is 10.1. The van der Waals surface area contributed by atoms with Gasteiger partial charge >= 0.3 is 11.8 Å². The minimum absolute atomic E-state index is 0.0531. The molecular weight excluding hydrogens is 284 g/mol. The van der Waals surface area contributed by atoms with E-state index in [1.807, 2.05) is 0 Å². The maximum Gasteiger partial charge on any atom is 0.328 e. The van der Waals surface area contributed by atoms with Crippen LogP contribution in [0.1, 0.15) is 10.5 Å². The van der Waals surface area contributed by atoms with Crippen molar-refractivity contribution in [1.82, 2.24) is 14.8 Å². The molecule has 2 N–H and O–H groups in total. The average molecular weight is 296 g/mol. The van der Waals surface area contributed by atoms with Gasteiger partial charge < -0.3 is 25.4 Å². The fourth-order valence-electron chi connectivity index (χ4n) is 2.12. The second-order valence-corrected chi connectivity index (χ2v) is 4.48. The highest BCUT2D eigenvalue weighted by Crippen LogP contribution is 2.18. The lowest BCUT2D eigenvalue weighted by molar-refractivity contribution is -0.391. The Balaban J connectivity index is 2.35. The standard InChI is InChI=1S/C11H12N4O6/c1-13-6(2-3-9(13)15(20)21)10(17)14-5-8(16)12-4-7(14)11(18)19/h2-3,7H,4-5H2,1H3,(H,12,16)(H,18,19). The third kappa shape index (κ3) is 2.55. The molecule has 0 aromatic carbocycles. The van der Waals surface area contributed by atoms with Crippen molar-refractivity contribution in [2.75, 3.05) is 13.1 Å². The van der Waals surface area contributed by atoms with E-state index < -0.39 is 35.3 Å². The predicted octanol–water partition coefficient (Wildman–Crippen LogP) is -1.04. The Morgan fingerprint density at radius 2 is 2.14 bits per heavy atom. The van der Waals surface area contributed by atoms with E-state index >= 15 is 0 Å². The van der Waals surface area contributed by atoms with Gasteiger partial charge in [-0.3, -0.25) is 9.59 Å². The van der Waals surface area contributed by atoms with Gasteiger partial charge in [0.15, 0.2) is 5.69 Å². The number of carbonyl (C=O) groups excluding carboxylic acids is 2. The van der Waals surface area contributed by atoms with Gasteiger partial charge in [0.05, 0.1) is 7.05 Å². The predicted molar refractivity (Wildman–Crippen MR) is 67.5 cm³/mol. The molecule has 1 atom stereocenters. The summed E-state index contributed by atoms with van der Waals surface area (Å²) in [5.41, 5.74) is -0.0531. The molecule has 0 aliphatic carbocycles. The van der Waals surface area contributed by atoms with Gasteiger partial charge in [-0.05, 0) is 11.0 Å². The van der Waals surface area contributed by atoms with Crippen LogP contribution in [0.15, 0.2) is 12.1 Å². The van der Waals surface area contributed by atoms with E-state index in [0.717, 1.165) is 15.5 Å². The van der Waals surface area contributed by atoms with E-state index in [0.29, 0.717) is 0 Å². The molecule has 1 unspecified atom stereocenters. The van der Waals surface area contributed by atoms with Gasteiger partial charge in [-0.25, -0.2) is 9.36 Å². The van der Waals surface area contributed by atoms with E-state index in [2.05, 4.69) is 5.32 Å². The highest BCUT2D eigenvalue weighted by atomic mass is 16.6. The van der Waals surface area contributed by atoms with Crippen LogP contribution in [-0.2, 0) is 16.6 Å². The second kappa shape index (κ2) is 5.23. The van der Waals surface area contributed by atoms with E-state index in [1.165, 1.54) is 13.1 Å². The van der Waals surface area contributed by atoms with Crippen LogP contribution in [0, 0.1) is 10.1 Å². The second-order valence-electron chi connectivity index (χ2n) is 4.48. The van der Waals surface area contributed by atoms with Gasteiger partial charge in [0.2, 0.25) is 5.91 Å². The summed E-state index contributed by atoms with van der Waals surface area (Å²) in [5, 5.41) is 22.2. The van der Waals surface area contributed by atoms with Crippen molar-refractivity contribution in [2.24, 2.45) is 7.05 Å². The van der Waals surface area contributed by atoms with Gasteiger partial charge in [-0.1, -0.05) is 0 Å². The normalized spacial score (nSPS) is 18.2. The van der Waals surface area contributed by atoms with E-state index in [4.69, 9.17) is 5.11 Å². The lowest BCUT2D eigenvalue weighted by Crippen LogP contribution is -2.59. The quantitative estimate of drug-likeness (QED) is 0.540. The zero-order chi connectivity index (χ0) is 15.7. The van der Waals surface area contributed by atoms with Crippen LogP contribution in [0.2, 0.25) is 0 Å². The van der Waals surface area contributed by atoms with Gasteiger partial charge in [0, 0.05) is 12.6 Å². The molecule has 0 saturated carbocycles. The molecule has 1 fully saturated rings. The number of hydrogen-bond donors (Lipinski definition) is 2. The molecule has 0 spiro atoms. The number of aliphatic carboxylic acids is 1. The first-order valence-corrected chi connectivity index (χ1v) is 5.93. The van der Waals surface area contributed by atoms with Crippen molar-refractivity contribution in [2.45, 2.75) is 6.04 Å². The molecule has 10 nitrogen and oxygen atoms in total. The Bertz CT molecular complexity index is 637. The first-order valence-electron chi connectivity index (χ1n) is 5.93. The number of hydrogen-bond acceptors (Lipinski definition) is 5. The summed E-state index contributed by atoms with van der Waals surface area (Å²) in [6.45, 7) is -0.610. The smallest absolute Gasteiger partial charge is 0.328 e. The number of nitrogens with one attached hydrogen (secondary N) is 1. The third-order valence-corrected chi connectivity index (χ3v) is 3.23. The largest absolute Gasteiger partial charge is 0.480 e. The molecule has 1 saturated heterocycles. The number of nitrogens with zero attached hydrogens (tertiary/aromatic N) is 3. The number of amides is 2. The molecule has 112 valence electrons. The SMILES string of the molecule is Cn1c(C(=O)N2CC(=O)NCC2C(=O)O)ccc1[N+](=O)[O-]. The molecule has 2 amide bonds. The summed E-state index contributed by atoms with van der Waals surface area (Å²) in [6.07, 6.45) is 0. The first-order chi connectivity index (χ1) is 9.82. The van der Waals surface area contributed by atoms with Gasteiger partial charge in [-0.2, -0.15) is 0 Å². The molecule has 21 heavy (non-hydrogen) atoms. The van der Waals surface area contributed by atoms with Gasteiger partial charge in [0.1, 0.15) is 12.6 Å². The minimum atomic E-state index is -1.26. The molecule has 2 heterocycles. The van der Waals surface area contributed by atoms with Crippen LogP contribution in [0.5, 0.6) is 0 Å². The number of carbonyl (C=O) groups is 3. The van der Waals surface area contributed by atoms with E-state index in [1.54, 1.807) is 0 Å². The lowest BCUT2D eigenvalue weighted by Gasteiger charge is -2.32. The van der Waals surface area contributed by atoms with E-state index in [-0.39, 0.29) is 18.1 Å². The number of rotatable bonds is 3. The minimum Gasteiger partial charge on any atom is -0.480 e. The molecule has 10 heteroatoms. The number of nitro groups is 1. The number of carboxylic acids is 1. The molecule has 1 aliphatic heterocycles. The monoisotopic (exact) mass is 296 g/mol. The van der Waals surface area contributed by atoms with Crippen molar-refractivity contribution < 1.29 is 24.4 Å². The molecular formula is C11H12N4O6. The van der Waals surface area contributed by atoms with Crippen molar-refractivity contribution in [3.05, 3.63) is 27.9 Å². The summed E-state index contributed by atoms with van der Waals surface area (Å²) < 4.78 is 1.05. The van der Waals surface area contributed by atoms with Crippen LogP contribution >= 0.6 is 0 Å². The van der Waals surface area contributed by atoms with Crippen LogP contribution in [-0.4, -0.2) is 56.4 Å². The fraction of sp³-hybridized carbons (Fsp3) is 0.364. The number of aromatic nitrogens is 1. The maximum atomic E-state index is 12.4. The summed E-state index contributed by atoms with van der Waals surface area (Å²) in [4.78, 5) is 45.9. The first kappa shape index (κ1) is 14.5. The third-order valence-electron chi connectivity index (χ3n) is 3.23. The van der Waals surface area contributed by atoms with Crippen molar-refractivity contribution in [3.8, 4) is 0 Å². The molecule has 0 bridgehead atoms. The highest BCUT2D eigenvalue weighted by Gasteiger charge is 2.38. The molecule has 2 rings (SSSR count). The Morgan fingerprint density at radius 3 is 2.67 bits per heavy atom. The summed E-state index contributed by atoms with van der Waals surface area (Å²) in [6, 6.07) is 1.17. The van der Waals surface area contributed by atoms with Crippen LogP contribution in [0.4, 0.5) is 5.82 Å². The van der Waals surface area contributed by atoms with E-state index in [9.17, 15) is 24.5 Å². The Hall–Kier alpha value is -2.91. The van der Waals surface area contributed by atoms with Crippen molar-refractivity contribution in [3.63, 3.8) is 0 Å². The Morgan fingerprint density at radius 1 is 1.48 bits per heavy atom. The molecule has 1 aromatic heterocycles. The maximum absolute atomic E-state index is 12.4. The van der Waals surface area contributed by atoms with Crippen molar-refractivity contribution >= 4 is 23.6 Å². The average Bonchev–Trinajstić information content (AvgIpc) is 2.79. The van der Waals surface area contributed by atoms with Crippen molar-refractivity contribution in [1.29, 1.82) is 0 Å². The number of piperazine rings is 1. The summed E-state index contributed by atoms with van der Waals surface area (Å²) in [7, 11) is 1.32. The van der Waals surface area contributed by atoms with Crippen LogP contribution < -0.4 is 5.32 Å². The Kier molecular flexibility index (Phi) is 3.61. The molecule has 0 radical (unpaired) electrons. The van der Waals surface area contributed by atoms with Crippen LogP contribution in [0.3, 0.4) is 0 Å². The van der Waals surface area contributed by atoms with Gasteiger partial charge in [-0.15, -0.1) is 0 Å². The summed E-state index contributed by atoms with van der Waals surface area (Å²) in [5.74, 6) is -2.78.